The van der Waals surface area contributed by atoms with Crippen LogP contribution in [0.1, 0.15) is 24.1 Å². The van der Waals surface area contributed by atoms with Crippen molar-refractivity contribution in [3.63, 3.8) is 0 Å². The highest BCUT2D eigenvalue weighted by molar-refractivity contribution is 7.89. The number of halogens is 2. The van der Waals surface area contributed by atoms with Gasteiger partial charge in [0, 0.05) is 30.7 Å². The van der Waals surface area contributed by atoms with Crippen molar-refractivity contribution < 1.29 is 13.2 Å². The Balaban J connectivity index is 1.75. The molecule has 0 bridgehead atoms. The maximum atomic E-state index is 12.9. The molecule has 1 aliphatic rings. The molecule has 0 aliphatic carbocycles. The molecule has 2 aromatic carbocycles. The van der Waals surface area contributed by atoms with Crippen LogP contribution in [0.2, 0.25) is 10.0 Å². The van der Waals surface area contributed by atoms with Gasteiger partial charge in [-0.2, -0.15) is 4.31 Å². The molecule has 0 amide bonds. The average Bonchev–Trinajstić information content (AvgIpc) is 2.67. The van der Waals surface area contributed by atoms with Crippen LogP contribution in [0.4, 0.5) is 0 Å². The number of sulfonamides is 1. The number of morpholine rings is 1. The van der Waals surface area contributed by atoms with Gasteiger partial charge in [0.1, 0.15) is 4.90 Å². The number of hydrogen-bond acceptors (Lipinski definition) is 4. The van der Waals surface area contributed by atoms with Gasteiger partial charge in [0.05, 0.1) is 18.2 Å². The molecule has 1 fully saturated rings. The number of rotatable bonds is 6. The topological polar surface area (TPSA) is 58.6 Å². The largest absolute Gasteiger partial charge is 0.379 e. The van der Waals surface area contributed by atoms with Crippen molar-refractivity contribution in [1.29, 1.82) is 0 Å². The molecule has 8 heteroatoms. The molecule has 5 nitrogen and oxygen atoms in total. The highest BCUT2D eigenvalue weighted by Crippen LogP contribution is 2.27. The second-order valence-corrected chi connectivity index (χ2v) is 9.19. The fraction of sp³-hybridized carbons (Fsp3) is 0.368. The summed E-state index contributed by atoms with van der Waals surface area (Å²) in [6, 6.07) is 12.8. The van der Waals surface area contributed by atoms with E-state index in [0.29, 0.717) is 37.9 Å². The lowest BCUT2D eigenvalue weighted by atomic mass is 10.1. The van der Waals surface area contributed by atoms with Crippen molar-refractivity contribution >= 4 is 33.2 Å². The normalized spacial score (nSPS) is 17.0. The Kier molecular flexibility index (Phi) is 6.78. The summed E-state index contributed by atoms with van der Waals surface area (Å²) in [4.78, 5) is 0.140. The van der Waals surface area contributed by atoms with Crippen LogP contribution in [0.3, 0.4) is 0 Å². The van der Waals surface area contributed by atoms with Crippen LogP contribution in [0.25, 0.3) is 0 Å². The molecule has 3 rings (SSSR count). The summed E-state index contributed by atoms with van der Waals surface area (Å²) >= 11 is 12.2. The number of nitrogens with zero attached hydrogens (tertiary/aromatic N) is 1. The Labute approximate surface area is 170 Å². The van der Waals surface area contributed by atoms with Crippen LogP contribution < -0.4 is 5.32 Å². The molecule has 0 radical (unpaired) electrons. The second-order valence-electron chi connectivity index (χ2n) is 6.44. The number of hydrogen-bond donors (Lipinski definition) is 1. The van der Waals surface area contributed by atoms with Crippen LogP contribution >= 0.6 is 23.2 Å². The predicted octanol–water partition coefficient (Wildman–Crippen LogP) is 3.87. The standard InChI is InChI=1S/C19H22Cl2N2O3S/c1-14(16-3-2-4-17(20)12-16)22-13-15-5-6-18(21)19(11-15)27(24,25)23-7-9-26-10-8-23/h2-6,11-12,14,22H,7-10,13H2,1H3. The SMILES string of the molecule is CC(NCc1ccc(Cl)c(S(=O)(=O)N2CCOCC2)c1)c1cccc(Cl)c1. The lowest BCUT2D eigenvalue weighted by Gasteiger charge is -2.26. The van der Waals surface area contributed by atoms with Gasteiger partial charge in [-0.15, -0.1) is 0 Å². The molecule has 0 aromatic heterocycles. The van der Waals surface area contributed by atoms with E-state index in [1.165, 1.54) is 4.31 Å². The first-order valence-corrected chi connectivity index (χ1v) is 10.9. The molecule has 1 aliphatic heterocycles. The van der Waals surface area contributed by atoms with Crippen molar-refractivity contribution in [3.05, 3.63) is 63.6 Å². The zero-order chi connectivity index (χ0) is 19.4. The third kappa shape index (κ3) is 5.02. The molecular weight excluding hydrogens is 407 g/mol. The zero-order valence-corrected chi connectivity index (χ0v) is 17.3. The molecule has 146 valence electrons. The first-order chi connectivity index (χ1) is 12.9. The monoisotopic (exact) mass is 428 g/mol. The van der Waals surface area contributed by atoms with E-state index in [4.69, 9.17) is 27.9 Å². The summed E-state index contributed by atoms with van der Waals surface area (Å²) in [7, 11) is -3.64. The summed E-state index contributed by atoms with van der Waals surface area (Å²) in [6.45, 7) is 4.02. The summed E-state index contributed by atoms with van der Waals surface area (Å²) in [6.07, 6.45) is 0. The van der Waals surface area contributed by atoms with Gasteiger partial charge in [-0.25, -0.2) is 8.42 Å². The minimum Gasteiger partial charge on any atom is -0.379 e. The average molecular weight is 429 g/mol. The maximum absolute atomic E-state index is 12.9. The fourth-order valence-electron chi connectivity index (χ4n) is 2.95. The van der Waals surface area contributed by atoms with Crippen molar-refractivity contribution in [1.82, 2.24) is 9.62 Å². The molecule has 2 aromatic rings. The van der Waals surface area contributed by atoms with Crippen LogP contribution in [-0.4, -0.2) is 39.0 Å². The van der Waals surface area contributed by atoms with Gasteiger partial charge in [0.25, 0.3) is 0 Å². The lowest BCUT2D eigenvalue weighted by Crippen LogP contribution is -2.40. The minimum absolute atomic E-state index is 0.0682. The zero-order valence-electron chi connectivity index (χ0n) is 15.0. The smallest absolute Gasteiger partial charge is 0.244 e. The fourth-order valence-corrected chi connectivity index (χ4v) is 5.08. The van der Waals surface area contributed by atoms with E-state index in [9.17, 15) is 8.42 Å². The molecule has 27 heavy (non-hydrogen) atoms. The van der Waals surface area contributed by atoms with Crippen LogP contribution in [-0.2, 0) is 21.3 Å². The highest BCUT2D eigenvalue weighted by atomic mass is 35.5. The summed E-state index contributed by atoms with van der Waals surface area (Å²) in [5.74, 6) is 0. The minimum atomic E-state index is -3.64. The highest BCUT2D eigenvalue weighted by Gasteiger charge is 2.28. The van der Waals surface area contributed by atoms with Crippen LogP contribution in [0, 0.1) is 0 Å². The van der Waals surface area contributed by atoms with Crippen molar-refractivity contribution in [2.24, 2.45) is 0 Å². The maximum Gasteiger partial charge on any atom is 0.244 e. The summed E-state index contributed by atoms with van der Waals surface area (Å²) in [5.41, 5.74) is 1.91. The first-order valence-electron chi connectivity index (χ1n) is 8.73. The molecule has 1 N–H and O–H groups in total. The van der Waals surface area contributed by atoms with E-state index < -0.39 is 10.0 Å². The third-order valence-electron chi connectivity index (χ3n) is 4.54. The molecule has 1 unspecified atom stereocenters. The molecule has 1 heterocycles. The van der Waals surface area contributed by atoms with Crippen molar-refractivity contribution in [2.45, 2.75) is 24.4 Å². The van der Waals surface area contributed by atoms with Crippen molar-refractivity contribution in [3.8, 4) is 0 Å². The van der Waals surface area contributed by atoms with E-state index in [0.717, 1.165) is 11.1 Å². The van der Waals surface area contributed by atoms with Crippen LogP contribution in [0.5, 0.6) is 0 Å². The van der Waals surface area contributed by atoms with Crippen molar-refractivity contribution in [2.75, 3.05) is 26.3 Å². The Morgan fingerprint density at radius 1 is 1.15 bits per heavy atom. The van der Waals surface area contributed by atoms with E-state index in [-0.39, 0.29) is 16.0 Å². The van der Waals surface area contributed by atoms with E-state index in [1.807, 2.05) is 37.3 Å². The van der Waals surface area contributed by atoms with Gasteiger partial charge < -0.3 is 10.1 Å². The lowest BCUT2D eigenvalue weighted by molar-refractivity contribution is 0.0730. The summed E-state index contributed by atoms with van der Waals surface area (Å²) in [5, 5.41) is 4.31. The number of nitrogens with one attached hydrogen (secondary N) is 1. The second kappa shape index (κ2) is 8.90. The van der Waals surface area contributed by atoms with E-state index in [1.54, 1.807) is 12.1 Å². The van der Waals surface area contributed by atoms with Gasteiger partial charge in [-0.3, -0.25) is 0 Å². The van der Waals surface area contributed by atoms with Gasteiger partial charge in [-0.1, -0.05) is 41.4 Å². The Morgan fingerprint density at radius 2 is 1.89 bits per heavy atom. The Hall–Kier alpha value is -1.15. The van der Waals surface area contributed by atoms with Gasteiger partial charge in [0.15, 0.2) is 0 Å². The number of ether oxygens (including phenoxy) is 1. The van der Waals surface area contributed by atoms with E-state index >= 15 is 0 Å². The third-order valence-corrected chi connectivity index (χ3v) is 7.16. The summed E-state index contributed by atoms with van der Waals surface area (Å²) < 4.78 is 32.5. The van der Waals surface area contributed by atoms with E-state index in [2.05, 4.69) is 5.32 Å². The molecular formula is C19H22Cl2N2O3S. The molecule has 0 spiro atoms. The van der Waals surface area contributed by atoms with Gasteiger partial charge >= 0.3 is 0 Å². The molecule has 1 saturated heterocycles. The first kappa shape index (κ1) is 20.6. The van der Waals surface area contributed by atoms with Gasteiger partial charge in [0.2, 0.25) is 10.0 Å². The Morgan fingerprint density at radius 3 is 2.59 bits per heavy atom. The molecule has 1 atom stereocenters. The predicted molar refractivity (Wildman–Crippen MR) is 108 cm³/mol. The quantitative estimate of drug-likeness (QED) is 0.758. The Bertz CT molecular complexity index is 900. The van der Waals surface area contributed by atoms with Gasteiger partial charge in [-0.05, 0) is 42.3 Å². The molecule has 0 saturated carbocycles. The number of benzene rings is 2. The van der Waals surface area contributed by atoms with Crippen LogP contribution in [0.15, 0.2) is 47.4 Å².